The molecule has 4 aromatic rings. The van der Waals surface area contributed by atoms with Gasteiger partial charge in [0.1, 0.15) is 22.8 Å². The number of rotatable bonds is 5. The molecule has 0 fully saturated rings. The molecule has 3 heterocycles. The number of pyridine rings is 1. The van der Waals surface area contributed by atoms with Crippen molar-refractivity contribution in [1.29, 1.82) is 0 Å². The highest BCUT2D eigenvalue weighted by atomic mass is 16.5. The molecule has 2 N–H and O–H groups in total. The number of methoxy groups -OCH3 is 2. The summed E-state index contributed by atoms with van der Waals surface area (Å²) in [4.78, 5) is 13.5. The van der Waals surface area contributed by atoms with Crippen molar-refractivity contribution in [3.8, 4) is 22.8 Å². The van der Waals surface area contributed by atoms with Gasteiger partial charge in [-0.15, -0.1) is 0 Å². The van der Waals surface area contributed by atoms with Crippen LogP contribution in [0.3, 0.4) is 0 Å². The van der Waals surface area contributed by atoms with E-state index in [4.69, 9.17) is 9.47 Å². The predicted octanol–water partition coefficient (Wildman–Crippen LogP) is 3.18. The molecule has 0 radical (unpaired) electrons. The van der Waals surface area contributed by atoms with Crippen molar-refractivity contribution in [1.82, 2.24) is 25.1 Å². The van der Waals surface area contributed by atoms with Crippen molar-refractivity contribution >= 4 is 22.7 Å². The van der Waals surface area contributed by atoms with Crippen molar-refractivity contribution in [3.05, 3.63) is 48.9 Å². The summed E-state index contributed by atoms with van der Waals surface area (Å²) in [5.74, 6) is 2.02. The third-order valence-corrected chi connectivity index (χ3v) is 3.82. The Morgan fingerprint density at radius 2 is 1.77 bits per heavy atom. The third-order valence-electron chi connectivity index (χ3n) is 3.82. The summed E-state index contributed by atoms with van der Waals surface area (Å²) in [7, 11) is 3.22. The number of nitrogens with one attached hydrogen (secondary N) is 2. The van der Waals surface area contributed by atoms with E-state index in [2.05, 4.69) is 30.5 Å². The average Bonchev–Trinajstić information content (AvgIpc) is 3.22. The normalized spacial score (nSPS) is 10.7. The number of aromatic nitrogens is 5. The maximum absolute atomic E-state index is 5.29. The molecule has 0 aliphatic heterocycles. The smallest absolute Gasteiger partial charge is 0.180 e. The summed E-state index contributed by atoms with van der Waals surface area (Å²) in [5.41, 5.74) is 3.62. The molecule has 0 saturated carbocycles. The molecular formula is C18H16N6O2. The molecule has 0 saturated heterocycles. The molecule has 3 aromatic heterocycles. The highest BCUT2D eigenvalue weighted by molar-refractivity contribution is 5.76. The van der Waals surface area contributed by atoms with Crippen LogP contribution >= 0.6 is 0 Å². The Hall–Kier alpha value is -3.68. The number of hydrogen-bond acceptors (Lipinski definition) is 7. The van der Waals surface area contributed by atoms with E-state index in [-0.39, 0.29) is 0 Å². The molecule has 130 valence electrons. The maximum Gasteiger partial charge on any atom is 0.180 e. The Bertz CT molecular complexity index is 1030. The Morgan fingerprint density at radius 1 is 0.962 bits per heavy atom. The lowest BCUT2D eigenvalue weighted by atomic mass is 10.2. The second-order valence-corrected chi connectivity index (χ2v) is 5.51. The molecule has 0 amide bonds. The lowest BCUT2D eigenvalue weighted by Crippen LogP contribution is -1.98. The van der Waals surface area contributed by atoms with Gasteiger partial charge >= 0.3 is 0 Å². The fraction of sp³-hybridized carbons (Fsp3) is 0.111. The van der Waals surface area contributed by atoms with E-state index in [1.807, 2.05) is 30.3 Å². The quantitative estimate of drug-likeness (QED) is 0.571. The van der Waals surface area contributed by atoms with Crippen LogP contribution in [0.2, 0.25) is 0 Å². The van der Waals surface area contributed by atoms with Crippen LogP contribution in [-0.2, 0) is 0 Å². The van der Waals surface area contributed by atoms with Gasteiger partial charge in [-0.25, -0.2) is 9.97 Å². The van der Waals surface area contributed by atoms with Gasteiger partial charge in [-0.2, -0.15) is 5.10 Å². The fourth-order valence-corrected chi connectivity index (χ4v) is 2.52. The molecule has 0 spiro atoms. The van der Waals surface area contributed by atoms with E-state index in [0.717, 1.165) is 11.3 Å². The Labute approximate surface area is 149 Å². The molecule has 8 heteroatoms. The van der Waals surface area contributed by atoms with E-state index in [0.29, 0.717) is 34.2 Å². The van der Waals surface area contributed by atoms with Gasteiger partial charge in [0.2, 0.25) is 0 Å². The molecule has 1 aromatic carbocycles. The standard InChI is InChI=1S/C18H16N6O2/c1-25-13-5-12(6-14(7-13)26-2)22-17-4-3-15-18(24-17)23-16(10-19-15)11-8-20-21-9-11/h3-10H,1-2H3,(H,20,21)(H,22,23,24). The lowest BCUT2D eigenvalue weighted by Gasteiger charge is -2.10. The first-order valence-electron chi connectivity index (χ1n) is 7.88. The van der Waals surface area contributed by atoms with Crippen LogP contribution in [0.25, 0.3) is 22.4 Å². The maximum atomic E-state index is 5.29. The topological polar surface area (TPSA) is 97.8 Å². The average molecular weight is 348 g/mol. The third kappa shape index (κ3) is 3.12. The Balaban J connectivity index is 1.69. The van der Waals surface area contributed by atoms with Crippen LogP contribution in [0.1, 0.15) is 0 Å². The predicted molar refractivity (Wildman–Crippen MR) is 97.7 cm³/mol. The first-order chi connectivity index (χ1) is 12.7. The Morgan fingerprint density at radius 3 is 2.46 bits per heavy atom. The highest BCUT2D eigenvalue weighted by Crippen LogP contribution is 2.28. The van der Waals surface area contributed by atoms with Crippen molar-refractivity contribution in [2.75, 3.05) is 19.5 Å². The number of H-pyrrole nitrogens is 1. The van der Waals surface area contributed by atoms with Gasteiger partial charge < -0.3 is 14.8 Å². The van der Waals surface area contributed by atoms with Crippen molar-refractivity contribution in [3.63, 3.8) is 0 Å². The van der Waals surface area contributed by atoms with E-state index < -0.39 is 0 Å². The minimum atomic E-state index is 0.545. The van der Waals surface area contributed by atoms with Crippen molar-refractivity contribution in [2.24, 2.45) is 0 Å². The number of aromatic amines is 1. The van der Waals surface area contributed by atoms with Crippen LogP contribution in [0.4, 0.5) is 11.5 Å². The van der Waals surface area contributed by atoms with Gasteiger partial charge in [-0.3, -0.25) is 10.1 Å². The van der Waals surface area contributed by atoms with Crippen molar-refractivity contribution in [2.45, 2.75) is 0 Å². The summed E-state index contributed by atoms with van der Waals surface area (Å²) < 4.78 is 10.6. The van der Waals surface area contributed by atoms with Gasteiger partial charge in [0.05, 0.1) is 32.3 Å². The van der Waals surface area contributed by atoms with Gasteiger partial charge in [0, 0.05) is 35.6 Å². The minimum absolute atomic E-state index is 0.545. The highest BCUT2D eigenvalue weighted by Gasteiger charge is 2.07. The summed E-state index contributed by atoms with van der Waals surface area (Å²) in [5, 5.41) is 9.95. The van der Waals surface area contributed by atoms with E-state index in [1.54, 1.807) is 32.8 Å². The number of benzene rings is 1. The van der Waals surface area contributed by atoms with E-state index in [9.17, 15) is 0 Å². The molecule has 0 unspecified atom stereocenters. The second-order valence-electron chi connectivity index (χ2n) is 5.51. The SMILES string of the molecule is COc1cc(Nc2ccc3ncc(-c4cn[nH]c4)nc3n2)cc(OC)c1. The first kappa shape index (κ1) is 15.8. The summed E-state index contributed by atoms with van der Waals surface area (Å²) >= 11 is 0. The van der Waals surface area contributed by atoms with Crippen LogP contribution in [0.15, 0.2) is 48.9 Å². The number of anilines is 2. The summed E-state index contributed by atoms with van der Waals surface area (Å²) in [6.07, 6.45) is 5.16. The molecule has 8 nitrogen and oxygen atoms in total. The van der Waals surface area contributed by atoms with Gasteiger partial charge in [0.15, 0.2) is 5.65 Å². The van der Waals surface area contributed by atoms with Gasteiger partial charge in [0.25, 0.3) is 0 Å². The zero-order valence-electron chi connectivity index (χ0n) is 14.2. The molecule has 26 heavy (non-hydrogen) atoms. The Kier molecular flexibility index (Phi) is 4.06. The zero-order valence-corrected chi connectivity index (χ0v) is 14.2. The molecule has 4 rings (SSSR count). The molecule has 0 atom stereocenters. The van der Waals surface area contributed by atoms with E-state index >= 15 is 0 Å². The van der Waals surface area contributed by atoms with Crippen molar-refractivity contribution < 1.29 is 9.47 Å². The van der Waals surface area contributed by atoms with Gasteiger partial charge in [-0.1, -0.05) is 0 Å². The number of fused-ring (bicyclic) bond motifs is 1. The van der Waals surface area contributed by atoms with Crippen LogP contribution < -0.4 is 14.8 Å². The zero-order chi connectivity index (χ0) is 17.9. The molecular weight excluding hydrogens is 332 g/mol. The number of ether oxygens (including phenoxy) is 2. The van der Waals surface area contributed by atoms with Crippen LogP contribution in [0.5, 0.6) is 11.5 Å². The van der Waals surface area contributed by atoms with E-state index in [1.165, 1.54) is 0 Å². The largest absolute Gasteiger partial charge is 0.497 e. The minimum Gasteiger partial charge on any atom is -0.497 e. The lowest BCUT2D eigenvalue weighted by molar-refractivity contribution is 0.395. The number of nitrogens with zero attached hydrogens (tertiary/aromatic N) is 4. The summed E-state index contributed by atoms with van der Waals surface area (Å²) in [6.45, 7) is 0. The first-order valence-corrected chi connectivity index (χ1v) is 7.88. The summed E-state index contributed by atoms with van der Waals surface area (Å²) in [6, 6.07) is 9.25. The fourth-order valence-electron chi connectivity index (χ4n) is 2.52. The molecule has 0 bridgehead atoms. The molecule has 0 aliphatic carbocycles. The number of hydrogen-bond donors (Lipinski definition) is 2. The van der Waals surface area contributed by atoms with Gasteiger partial charge in [-0.05, 0) is 12.1 Å². The van der Waals surface area contributed by atoms with Crippen LogP contribution in [0, 0.1) is 0 Å². The van der Waals surface area contributed by atoms with Crippen LogP contribution in [-0.4, -0.2) is 39.4 Å². The monoisotopic (exact) mass is 348 g/mol. The second kappa shape index (κ2) is 6.67. The molecule has 0 aliphatic rings.